The fraction of sp³-hybridized carbons (Fsp3) is 0.323. The van der Waals surface area contributed by atoms with Gasteiger partial charge in [-0.25, -0.2) is 12.2 Å². The molecule has 194 valence electrons. The van der Waals surface area contributed by atoms with Crippen molar-refractivity contribution in [2.24, 2.45) is 0 Å². The molecule has 0 fully saturated rings. The van der Waals surface area contributed by atoms with Gasteiger partial charge in [-0.05, 0) is 0 Å². The number of benzene rings is 2. The van der Waals surface area contributed by atoms with Crippen LogP contribution < -0.4 is 10.2 Å². The predicted molar refractivity (Wildman–Crippen MR) is 159 cm³/mol. The zero-order valence-corrected chi connectivity index (χ0v) is 27.4. The van der Waals surface area contributed by atoms with Gasteiger partial charge in [-0.3, -0.25) is 6.08 Å². The monoisotopic (exact) mass is 554 g/mol. The van der Waals surface area contributed by atoms with Gasteiger partial charge < -0.3 is 16.1 Å². The van der Waals surface area contributed by atoms with Crippen LogP contribution >= 0.6 is 0 Å². The van der Waals surface area contributed by atoms with Gasteiger partial charge in [-0.1, -0.05) is 123 Å². The number of allylic oxidation sites excluding steroid dienone is 6. The van der Waals surface area contributed by atoms with Crippen LogP contribution in [0.25, 0.3) is 0 Å². The third-order valence-corrected chi connectivity index (χ3v) is 5.76. The Bertz CT molecular complexity index is 773. The Hall–Kier alpha value is -1.85. The molecule has 0 atom stereocenters. The summed E-state index contributed by atoms with van der Waals surface area (Å²) in [5.74, 6) is 1.56. The van der Waals surface area contributed by atoms with Crippen molar-refractivity contribution in [2.45, 2.75) is 66.5 Å². The van der Waals surface area contributed by atoms with Crippen LogP contribution in [-0.2, 0) is 21.7 Å². The summed E-state index contributed by atoms with van der Waals surface area (Å²) < 4.78 is 0. The Morgan fingerprint density at radius 3 is 1.17 bits per heavy atom. The van der Waals surface area contributed by atoms with Crippen molar-refractivity contribution in [2.75, 3.05) is 0 Å². The number of para-hydroxylation sites is 2. The van der Waals surface area contributed by atoms with Gasteiger partial charge in [0.1, 0.15) is 0 Å². The van der Waals surface area contributed by atoms with Crippen LogP contribution in [0, 0.1) is 12.0 Å². The average Bonchev–Trinajstić information content (AvgIpc) is 3.32. The minimum absolute atomic E-state index is 0. The van der Waals surface area contributed by atoms with Crippen molar-refractivity contribution < 1.29 is 31.9 Å². The molecule has 3 rings (SSSR count). The van der Waals surface area contributed by atoms with Crippen LogP contribution in [0.5, 0.6) is 11.5 Å². The number of rotatable bonds is 3. The summed E-state index contributed by atoms with van der Waals surface area (Å²) in [6, 6.07) is 16.7. The van der Waals surface area contributed by atoms with Crippen molar-refractivity contribution in [3.05, 3.63) is 114 Å². The van der Waals surface area contributed by atoms with Gasteiger partial charge in [0.25, 0.3) is 0 Å². The Morgan fingerprint density at radius 1 is 0.694 bits per heavy atom. The maximum atomic E-state index is 10.3. The van der Waals surface area contributed by atoms with E-state index < -0.39 is 16.1 Å². The van der Waals surface area contributed by atoms with E-state index in [-0.39, 0.29) is 33.2 Å². The zero-order valence-electron chi connectivity index (χ0n) is 23.8. The van der Waals surface area contributed by atoms with E-state index in [9.17, 15) is 10.2 Å². The van der Waals surface area contributed by atoms with Gasteiger partial charge in [0.15, 0.2) is 0 Å². The quantitative estimate of drug-likeness (QED) is 0.218. The topological polar surface area (TPSA) is 46.1 Å². The molecule has 1 aliphatic carbocycles. The third kappa shape index (κ3) is 39.4. The number of hydrogen-bond acceptors (Lipinski definition) is 2. The van der Waals surface area contributed by atoms with Gasteiger partial charge >= 0.3 is 21.7 Å². The molecule has 5 heteroatoms. The molecule has 0 aromatic heterocycles. The summed E-state index contributed by atoms with van der Waals surface area (Å²) in [4.78, 5) is 0. The minimum atomic E-state index is -0.970. The Morgan fingerprint density at radius 2 is 1.03 bits per heavy atom. The van der Waals surface area contributed by atoms with Gasteiger partial charge in [0, 0.05) is 0 Å². The van der Waals surface area contributed by atoms with Gasteiger partial charge in [0.2, 0.25) is 0 Å². The van der Waals surface area contributed by atoms with E-state index in [0.717, 1.165) is 6.42 Å². The van der Waals surface area contributed by atoms with Crippen LogP contribution in [0.15, 0.2) is 102 Å². The van der Waals surface area contributed by atoms with Crippen LogP contribution in [0.1, 0.15) is 27.2 Å². The molecule has 0 N–H and O–H groups in total. The van der Waals surface area contributed by atoms with E-state index in [4.69, 9.17) is 0 Å². The Labute approximate surface area is 239 Å². The summed E-state index contributed by atoms with van der Waals surface area (Å²) in [7, 11) is -1.94. The van der Waals surface area contributed by atoms with E-state index in [2.05, 4.69) is 95.8 Å². The SMILES string of the molecule is C[C-](C)C.C[Si](C)(C)C=CC=C[Si](C)(C)C.[C-]1=CC=CC1.[O-]c1ccccc1.[O-]c1ccccc1.[Ti+4]. The van der Waals surface area contributed by atoms with Crippen LogP contribution in [0.4, 0.5) is 0 Å². The van der Waals surface area contributed by atoms with Crippen molar-refractivity contribution >= 4 is 16.1 Å². The van der Waals surface area contributed by atoms with E-state index in [1.165, 1.54) is 30.2 Å². The third-order valence-electron chi connectivity index (χ3n) is 3.38. The number of hydrogen-bond donors (Lipinski definition) is 0. The normalized spacial score (nSPS) is 11.7. The van der Waals surface area contributed by atoms with Crippen molar-refractivity contribution in [1.29, 1.82) is 0 Å². The molecule has 0 radical (unpaired) electrons. The first-order valence-electron chi connectivity index (χ1n) is 12.0. The molecule has 0 saturated carbocycles. The molecular weight excluding hydrogens is 508 g/mol. The molecule has 36 heavy (non-hydrogen) atoms. The van der Waals surface area contributed by atoms with Crippen molar-refractivity contribution in [3.63, 3.8) is 0 Å². The maximum Gasteiger partial charge on any atom is 4.00 e. The van der Waals surface area contributed by atoms with Gasteiger partial charge in [0.05, 0.1) is 16.1 Å². The maximum absolute atomic E-state index is 10.3. The van der Waals surface area contributed by atoms with Crippen LogP contribution in [-0.4, -0.2) is 16.1 Å². The fourth-order valence-electron chi connectivity index (χ4n) is 1.87. The average molecular weight is 555 g/mol. The standard InChI is InChI=1S/C10H22Si2.2C6H6O.C5H5.C4H9.Ti/c1-11(2,3)9-7-8-10-12(4,5)6;2*7-6-4-2-1-3-5-6;1-2-4-5-3-1;1-4(2)3;/h7-10H,1-6H3;2*1-5,7H;1-3H,4H2;1-3H3;/q;;;2*-1;+4/p-2. The second-order valence-electron chi connectivity index (χ2n) is 10.6. The van der Waals surface area contributed by atoms with E-state index >= 15 is 0 Å². The van der Waals surface area contributed by atoms with Gasteiger partial charge in [-0.15, -0.1) is 17.9 Å². The van der Waals surface area contributed by atoms with Crippen molar-refractivity contribution in [1.82, 2.24) is 0 Å². The van der Waals surface area contributed by atoms with Crippen LogP contribution in [0.3, 0.4) is 0 Å². The molecule has 1 aliphatic rings. The first-order chi connectivity index (χ1) is 16.2. The van der Waals surface area contributed by atoms with E-state index in [1.54, 1.807) is 24.3 Å². The predicted octanol–water partition coefficient (Wildman–Crippen LogP) is 8.30. The van der Waals surface area contributed by atoms with E-state index in [1.807, 2.05) is 24.3 Å². The molecule has 0 amide bonds. The molecule has 2 nitrogen and oxygen atoms in total. The minimum Gasteiger partial charge on any atom is -0.872 e. The zero-order chi connectivity index (χ0) is 27.2. The second-order valence-corrected chi connectivity index (χ2v) is 20.7. The molecule has 2 aromatic rings. The molecule has 0 bridgehead atoms. The van der Waals surface area contributed by atoms with Gasteiger partial charge in [-0.2, -0.15) is 26.8 Å². The smallest absolute Gasteiger partial charge is 0.872 e. The first-order valence-corrected chi connectivity index (χ1v) is 19.2. The molecule has 2 aromatic carbocycles. The fourth-order valence-corrected chi connectivity index (χ4v) is 3.25. The van der Waals surface area contributed by atoms with Crippen LogP contribution in [0.2, 0.25) is 39.3 Å². The summed E-state index contributed by atoms with van der Waals surface area (Å²) in [6.45, 7) is 20.4. The summed E-state index contributed by atoms with van der Waals surface area (Å²) >= 11 is 0. The van der Waals surface area contributed by atoms with E-state index in [0.29, 0.717) is 0 Å². The summed E-state index contributed by atoms with van der Waals surface area (Å²) in [5.41, 5.74) is 4.76. The Balaban J connectivity index is -0.000000395. The molecule has 0 aliphatic heterocycles. The molecule has 0 heterocycles. The summed E-state index contributed by atoms with van der Waals surface area (Å²) in [6.07, 6.45) is 14.5. The Kier molecular flexibility index (Phi) is 25.3. The van der Waals surface area contributed by atoms with Crippen molar-refractivity contribution in [3.8, 4) is 11.5 Å². The molecule has 0 spiro atoms. The summed E-state index contributed by atoms with van der Waals surface area (Å²) in [5, 5.41) is 20.5. The molecule has 0 saturated heterocycles. The molecular formula is C31H46O2Si2Ti. The molecule has 0 unspecified atom stereocenters. The second kappa shape index (κ2) is 23.5. The largest absolute Gasteiger partial charge is 4.00 e. The first kappa shape index (κ1) is 38.7.